The molecule has 1 heterocycles. The molecule has 1 saturated heterocycles. The molecule has 1 amide bonds. The van der Waals surface area contributed by atoms with Crippen LogP contribution in [-0.2, 0) is 9.59 Å². The fraction of sp³-hybridized carbons (Fsp3) is 0.276. The highest BCUT2D eigenvalue weighted by molar-refractivity contribution is 6.01. The fourth-order valence-electron chi connectivity index (χ4n) is 5.13. The minimum atomic E-state index is -1.16. The van der Waals surface area contributed by atoms with Gasteiger partial charge in [-0.05, 0) is 17.0 Å². The van der Waals surface area contributed by atoms with Crippen molar-refractivity contribution in [2.45, 2.75) is 38.3 Å². The van der Waals surface area contributed by atoms with Crippen LogP contribution in [0.4, 0.5) is 0 Å². The smallest absolute Gasteiger partial charge is 0.327 e. The van der Waals surface area contributed by atoms with E-state index in [0.717, 1.165) is 11.1 Å². The standard InChI is InChI=1S/C29H29NO4/c1-19(2)18-23(31)30-26(21-14-8-4-9-15-21)25(28(32)22-16-10-5-11-17-22)24(27(30)29(33)34)20-12-6-3-7-13-20/h3-17,19,24-27H,18H2,1-2H3,(H,33,34). The molecule has 0 aliphatic carbocycles. The van der Waals surface area contributed by atoms with Gasteiger partial charge in [0, 0.05) is 17.9 Å². The van der Waals surface area contributed by atoms with Crippen LogP contribution in [0.25, 0.3) is 0 Å². The normalized spacial score (nSPS) is 22.0. The quantitative estimate of drug-likeness (QED) is 0.487. The largest absolute Gasteiger partial charge is 0.480 e. The highest BCUT2D eigenvalue weighted by Crippen LogP contribution is 2.51. The molecule has 0 saturated carbocycles. The summed E-state index contributed by atoms with van der Waals surface area (Å²) in [6, 6.07) is 25.7. The van der Waals surface area contributed by atoms with E-state index >= 15 is 0 Å². The molecule has 5 heteroatoms. The van der Waals surface area contributed by atoms with E-state index in [9.17, 15) is 19.5 Å². The molecule has 1 N–H and O–H groups in total. The highest BCUT2D eigenvalue weighted by Gasteiger charge is 2.57. The van der Waals surface area contributed by atoms with Crippen LogP contribution in [-0.4, -0.2) is 33.7 Å². The molecule has 4 atom stereocenters. The van der Waals surface area contributed by atoms with E-state index in [1.807, 2.05) is 80.6 Å². The third-order valence-corrected chi connectivity index (χ3v) is 6.48. The Morgan fingerprint density at radius 3 is 1.79 bits per heavy atom. The molecule has 4 rings (SSSR count). The second-order valence-electron chi connectivity index (χ2n) is 9.23. The number of hydrogen-bond donors (Lipinski definition) is 1. The van der Waals surface area contributed by atoms with Crippen LogP contribution < -0.4 is 0 Å². The second kappa shape index (κ2) is 10.0. The van der Waals surface area contributed by atoms with Gasteiger partial charge in [0.2, 0.25) is 5.91 Å². The van der Waals surface area contributed by atoms with E-state index in [0.29, 0.717) is 5.56 Å². The van der Waals surface area contributed by atoms with Crippen molar-refractivity contribution < 1.29 is 19.5 Å². The summed E-state index contributed by atoms with van der Waals surface area (Å²) in [5.41, 5.74) is 2.01. The zero-order valence-electron chi connectivity index (χ0n) is 19.4. The Kier molecular flexibility index (Phi) is 6.92. The molecule has 34 heavy (non-hydrogen) atoms. The summed E-state index contributed by atoms with van der Waals surface area (Å²) < 4.78 is 0. The van der Waals surface area contributed by atoms with Crippen molar-refractivity contribution in [3.05, 3.63) is 108 Å². The maximum atomic E-state index is 14.0. The van der Waals surface area contributed by atoms with Gasteiger partial charge in [-0.3, -0.25) is 9.59 Å². The maximum absolute atomic E-state index is 14.0. The lowest BCUT2D eigenvalue weighted by Gasteiger charge is -2.31. The minimum absolute atomic E-state index is 0.0532. The van der Waals surface area contributed by atoms with Crippen LogP contribution in [0.3, 0.4) is 0 Å². The van der Waals surface area contributed by atoms with E-state index in [2.05, 4.69) is 0 Å². The second-order valence-corrected chi connectivity index (χ2v) is 9.23. The zero-order valence-corrected chi connectivity index (χ0v) is 19.4. The van der Waals surface area contributed by atoms with Crippen LogP contribution in [0, 0.1) is 11.8 Å². The van der Waals surface area contributed by atoms with E-state index in [1.54, 1.807) is 24.3 Å². The number of carboxylic acid groups (broad SMARTS) is 1. The lowest BCUT2D eigenvalue weighted by atomic mass is 9.76. The van der Waals surface area contributed by atoms with Gasteiger partial charge >= 0.3 is 5.97 Å². The summed E-state index contributed by atoms with van der Waals surface area (Å²) in [5, 5.41) is 10.4. The molecule has 1 fully saturated rings. The molecule has 5 nitrogen and oxygen atoms in total. The Bertz CT molecular complexity index is 1140. The van der Waals surface area contributed by atoms with Crippen molar-refractivity contribution in [2.75, 3.05) is 0 Å². The average Bonchev–Trinajstić information content (AvgIpc) is 3.21. The molecule has 0 aromatic heterocycles. The number of hydrogen-bond acceptors (Lipinski definition) is 3. The fourth-order valence-corrected chi connectivity index (χ4v) is 5.13. The Labute approximate surface area is 200 Å². The lowest BCUT2D eigenvalue weighted by molar-refractivity contribution is -0.150. The van der Waals surface area contributed by atoms with Gasteiger partial charge in [-0.15, -0.1) is 0 Å². The maximum Gasteiger partial charge on any atom is 0.327 e. The average molecular weight is 456 g/mol. The van der Waals surface area contributed by atoms with Gasteiger partial charge in [0.25, 0.3) is 0 Å². The SMILES string of the molecule is CC(C)CC(=O)N1C(C(=O)O)C(c2ccccc2)C(C(=O)c2ccccc2)C1c1ccccc1. The summed E-state index contributed by atoms with van der Waals surface area (Å²) >= 11 is 0. The number of rotatable bonds is 7. The molecule has 0 spiro atoms. The Morgan fingerprint density at radius 2 is 1.29 bits per heavy atom. The predicted molar refractivity (Wildman–Crippen MR) is 130 cm³/mol. The van der Waals surface area contributed by atoms with Gasteiger partial charge in [0.15, 0.2) is 5.78 Å². The van der Waals surface area contributed by atoms with E-state index in [-0.39, 0.29) is 24.0 Å². The van der Waals surface area contributed by atoms with Gasteiger partial charge < -0.3 is 10.0 Å². The Balaban J connectivity index is 1.96. The lowest BCUT2D eigenvalue weighted by Crippen LogP contribution is -2.44. The topological polar surface area (TPSA) is 74.7 Å². The first-order valence-corrected chi connectivity index (χ1v) is 11.6. The number of carbonyl (C=O) groups is 3. The first-order chi connectivity index (χ1) is 16.4. The van der Waals surface area contributed by atoms with Crippen molar-refractivity contribution >= 4 is 17.7 Å². The van der Waals surface area contributed by atoms with Crippen LogP contribution in [0.5, 0.6) is 0 Å². The predicted octanol–water partition coefficient (Wildman–Crippen LogP) is 5.35. The number of aliphatic carboxylic acids is 1. The summed E-state index contributed by atoms with van der Waals surface area (Å²) in [6.45, 7) is 3.87. The molecular weight excluding hydrogens is 426 g/mol. The number of carboxylic acids is 1. The minimum Gasteiger partial charge on any atom is -0.480 e. The van der Waals surface area contributed by atoms with Gasteiger partial charge in [-0.25, -0.2) is 4.79 Å². The van der Waals surface area contributed by atoms with Crippen molar-refractivity contribution in [2.24, 2.45) is 11.8 Å². The summed E-state index contributed by atoms with van der Waals surface area (Å²) in [6.07, 6.45) is 0.209. The molecule has 0 radical (unpaired) electrons. The number of carbonyl (C=O) groups excluding carboxylic acids is 2. The van der Waals surface area contributed by atoms with Crippen LogP contribution in [0.15, 0.2) is 91.0 Å². The summed E-state index contributed by atoms with van der Waals surface area (Å²) in [4.78, 5) is 41.9. The molecule has 1 aliphatic heterocycles. The van der Waals surface area contributed by atoms with Crippen LogP contribution in [0.1, 0.15) is 53.7 Å². The molecule has 3 aromatic carbocycles. The third-order valence-electron chi connectivity index (χ3n) is 6.48. The van der Waals surface area contributed by atoms with Crippen LogP contribution in [0.2, 0.25) is 0 Å². The van der Waals surface area contributed by atoms with Gasteiger partial charge in [-0.1, -0.05) is 105 Å². The number of likely N-dealkylation sites (tertiary alicyclic amines) is 1. The molecular formula is C29H29NO4. The van der Waals surface area contributed by atoms with E-state index in [4.69, 9.17) is 0 Å². The monoisotopic (exact) mass is 455 g/mol. The molecule has 0 bridgehead atoms. The first kappa shape index (κ1) is 23.4. The van der Waals surface area contributed by atoms with Crippen molar-refractivity contribution in [1.29, 1.82) is 0 Å². The first-order valence-electron chi connectivity index (χ1n) is 11.6. The zero-order chi connectivity index (χ0) is 24.2. The van der Waals surface area contributed by atoms with E-state index < -0.39 is 29.9 Å². The van der Waals surface area contributed by atoms with Crippen molar-refractivity contribution in [3.63, 3.8) is 0 Å². The number of amides is 1. The summed E-state index contributed by atoms with van der Waals surface area (Å²) in [7, 11) is 0. The highest BCUT2D eigenvalue weighted by atomic mass is 16.4. The Hall–Kier alpha value is -3.73. The molecule has 174 valence electrons. The van der Waals surface area contributed by atoms with Crippen LogP contribution >= 0.6 is 0 Å². The van der Waals surface area contributed by atoms with Crippen molar-refractivity contribution in [1.82, 2.24) is 4.90 Å². The molecule has 3 aromatic rings. The van der Waals surface area contributed by atoms with Gasteiger partial charge in [0.1, 0.15) is 6.04 Å². The number of nitrogens with zero attached hydrogens (tertiary/aromatic N) is 1. The van der Waals surface area contributed by atoms with E-state index in [1.165, 1.54) is 4.90 Å². The number of Topliss-reactive ketones (excluding diaryl/α,β-unsaturated/α-hetero) is 1. The Morgan fingerprint density at radius 1 is 0.794 bits per heavy atom. The third kappa shape index (κ3) is 4.51. The summed E-state index contributed by atoms with van der Waals surface area (Å²) in [5.74, 6) is -2.89. The number of ketones is 1. The number of benzene rings is 3. The molecule has 4 unspecified atom stereocenters. The van der Waals surface area contributed by atoms with Gasteiger partial charge in [0.05, 0.1) is 12.0 Å². The van der Waals surface area contributed by atoms with Crippen molar-refractivity contribution in [3.8, 4) is 0 Å². The molecule has 1 aliphatic rings. The van der Waals surface area contributed by atoms with Gasteiger partial charge in [-0.2, -0.15) is 0 Å².